The van der Waals surface area contributed by atoms with Crippen molar-refractivity contribution in [3.63, 3.8) is 0 Å². The van der Waals surface area contributed by atoms with E-state index < -0.39 is 71.1 Å². The number of amides is 4. The molecule has 2 aromatic heterocycles. The van der Waals surface area contributed by atoms with Crippen molar-refractivity contribution in [2.24, 2.45) is 17.6 Å². The molecule has 0 saturated carbocycles. The summed E-state index contributed by atoms with van der Waals surface area (Å²) in [6, 6.07) is 20.0. The highest BCUT2D eigenvalue weighted by atomic mass is 19.2. The number of nitrogens with two attached hydrogens (primary N) is 1. The Labute approximate surface area is 469 Å². The number of primary amides is 1. The number of carbonyl (C=O) groups excluding carboxylic acids is 5. The number of aromatic nitrogens is 5. The number of ether oxygens (including phenoxy) is 5. The SMILES string of the molecule is CC(C)[C@H](NC(=O)CCOCCOCCOCCC(=O)Oc1c(F)c(F)c(F)c(F)c1F)C(=O)C[C@@H](CCCNC(N)=O)C(=O)Nc1ccc(C[N+]2(CCOc3cccc(-c4n[nH]c5ccc(-c6ncn[nH]6)cc45)c3)CCCCC2)cc1. The third kappa shape index (κ3) is 17.6. The minimum atomic E-state index is -2.38. The number of piperidine rings is 1. The third-order valence-electron chi connectivity index (χ3n) is 13.9. The summed E-state index contributed by atoms with van der Waals surface area (Å²) in [7, 11) is 0. The number of quaternary nitrogens is 1. The van der Waals surface area contributed by atoms with Crippen LogP contribution in [-0.2, 0) is 39.9 Å². The number of hydrogen-bond donors (Lipinski definition) is 6. The lowest BCUT2D eigenvalue weighted by molar-refractivity contribution is -0.945. The van der Waals surface area contributed by atoms with Gasteiger partial charge in [0.2, 0.25) is 46.6 Å². The van der Waals surface area contributed by atoms with Gasteiger partial charge in [-0.3, -0.25) is 29.4 Å². The van der Waals surface area contributed by atoms with Crippen molar-refractivity contribution in [2.45, 2.75) is 77.8 Å². The molecule has 2 atom stereocenters. The van der Waals surface area contributed by atoms with E-state index in [9.17, 15) is 45.9 Å². The van der Waals surface area contributed by atoms with Crippen LogP contribution in [0.15, 0.2) is 73.1 Å². The summed E-state index contributed by atoms with van der Waals surface area (Å²) in [4.78, 5) is 68.3. The zero-order chi connectivity index (χ0) is 58.6. The highest BCUT2D eigenvalue weighted by molar-refractivity contribution is 5.98. The number of benzene rings is 4. The first-order valence-corrected chi connectivity index (χ1v) is 27.1. The molecule has 0 unspecified atom stereocenters. The van der Waals surface area contributed by atoms with E-state index in [2.05, 4.69) is 46.1 Å². The predicted octanol–water partition coefficient (Wildman–Crippen LogP) is 7.83. The normalized spacial score (nSPS) is 13.9. The van der Waals surface area contributed by atoms with Crippen molar-refractivity contribution in [2.75, 3.05) is 77.7 Å². The van der Waals surface area contributed by atoms with Gasteiger partial charge in [-0.1, -0.05) is 38.1 Å². The number of anilines is 1. The van der Waals surface area contributed by atoms with Crippen LogP contribution in [0.1, 0.15) is 70.8 Å². The molecule has 1 fully saturated rings. The highest BCUT2D eigenvalue weighted by Gasteiger charge is 2.33. The number of fused-ring (bicyclic) bond motifs is 1. The monoisotopic (exact) mass is 1150 g/mol. The molecule has 4 aromatic carbocycles. The molecule has 82 heavy (non-hydrogen) atoms. The lowest BCUT2D eigenvalue weighted by atomic mass is 9.89. The molecule has 1 aliphatic rings. The maximum Gasteiger partial charge on any atom is 0.313 e. The molecule has 7 rings (SSSR count). The van der Waals surface area contributed by atoms with E-state index in [1.807, 2.05) is 66.7 Å². The van der Waals surface area contributed by atoms with E-state index in [0.29, 0.717) is 24.5 Å². The zero-order valence-electron chi connectivity index (χ0n) is 45.6. The van der Waals surface area contributed by atoms with E-state index >= 15 is 0 Å². The van der Waals surface area contributed by atoms with Crippen LogP contribution in [0, 0.1) is 40.9 Å². The number of hydrogen-bond acceptors (Lipinski definition) is 13. The molecular weight excluding hydrogens is 1080 g/mol. The summed E-state index contributed by atoms with van der Waals surface area (Å²) >= 11 is 0. The summed E-state index contributed by atoms with van der Waals surface area (Å²) in [5.41, 5.74) is 10.4. The van der Waals surface area contributed by atoms with Gasteiger partial charge in [-0.15, -0.1) is 0 Å². The van der Waals surface area contributed by atoms with Crippen LogP contribution < -0.4 is 31.2 Å². The van der Waals surface area contributed by atoms with E-state index in [4.69, 9.17) is 24.7 Å². The van der Waals surface area contributed by atoms with Crippen LogP contribution in [0.4, 0.5) is 32.4 Å². The van der Waals surface area contributed by atoms with Crippen molar-refractivity contribution in [3.8, 4) is 34.1 Å². The second-order valence-electron chi connectivity index (χ2n) is 20.3. The molecule has 0 radical (unpaired) electrons. The van der Waals surface area contributed by atoms with Gasteiger partial charge in [0.15, 0.2) is 11.6 Å². The Morgan fingerprint density at radius 3 is 2.11 bits per heavy atom. The number of nitrogens with one attached hydrogen (secondary N) is 5. The third-order valence-corrected chi connectivity index (χ3v) is 13.9. The number of halogens is 5. The minimum absolute atomic E-state index is 0.00352. The molecule has 440 valence electrons. The van der Waals surface area contributed by atoms with Crippen LogP contribution >= 0.6 is 0 Å². The first kappa shape index (κ1) is 61.7. The van der Waals surface area contributed by atoms with Gasteiger partial charge in [-0.2, -0.15) is 19.0 Å². The van der Waals surface area contributed by atoms with Crippen molar-refractivity contribution in [1.29, 1.82) is 0 Å². The second-order valence-corrected chi connectivity index (χ2v) is 20.3. The first-order valence-electron chi connectivity index (χ1n) is 27.1. The van der Waals surface area contributed by atoms with Gasteiger partial charge in [0.1, 0.15) is 37.5 Å². The fourth-order valence-electron chi connectivity index (χ4n) is 9.61. The Hall–Kier alpha value is -7.87. The summed E-state index contributed by atoms with van der Waals surface area (Å²) in [5.74, 6) is -15.3. The van der Waals surface area contributed by atoms with Gasteiger partial charge in [0.25, 0.3) is 0 Å². The summed E-state index contributed by atoms with van der Waals surface area (Å²) in [6.45, 7) is 7.74. The molecule has 4 amide bonds. The van der Waals surface area contributed by atoms with Crippen molar-refractivity contribution >= 4 is 46.2 Å². The van der Waals surface area contributed by atoms with Gasteiger partial charge in [-0.25, -0.2) is 22.9 Å². The fourth-order valence-corrected chi connectivity index (χ4v) is 9.61. The first-order chi connectivity index (χ1) is 39.5. The van der Waals surface area contributed by atoms with Crippen molar-refractivity contribution in [1.82, 2.24) is 36.0 Å². The van der Waals surface area contributed by atoms with Crippen LogP contribution in [0.2, 0.25) is 0 Å². The van der Waals surface area contributed by atoms with Crippen LogP contribution in [-0.4, -0.2) is 138 Å². The number of ketones is 1. The number of likely N-dealkylation sites (tertiary alicyclic amines) is 1. The Morgan fingerprint density at radius 1 is 0.756 bits per heavy atom. The number of carbonyl (C=O) groups is 5. The molecule has 0 spiro atoms. The van der Waals surface area contributed by atoms with E-state index in [1.165, 1.54) is 12.7 Å². The number of H-pyrrole nitrogens is 2. The fraction of sp³-hybridized carbons (Fsp3) is 0.439. The van der Waals surface area contributed by atoms with Crippen molar-refractivity contribution in [3.05, 3.63) is 108 Å². The summed E-state index contributed by atoms with van der Waals surface area (Å²) < 4.78 is 95.1. The molecule has 0 bridgehead atoms. The predicted molar refractivity (Wildman–Crippen MR) is 290 cm³/mol. The van der Waals surface area contributed by atoms with Crippen LogP contribution in [0.25, 0.3) is 33.5 Å². The second kappa shape index (κ2) is 30.3. The van der Waals surface area contributed by atoms with Gasteiger partial charge in [-0.05, 0) is 80.5 Å². The Kier molecular flexibility index (Phi) is 22.8. The topological polar surface area (TPSA) is 264 Å². The van der Waals surface area contributed by atoms with E-state index in [0.717, 1.165) is 82.5 Å². The van der Waals surface area contributed by atoms with E-state index in [1.54, 1.807) is 13.8 Å². The van der Waals surface area contributed by atoms with Gasteiger partial charge in [0.05, 0.1) is 70.7 Å². The average molecular weight is 1150 g/mol. The molecule has 3 heterocycles. The molecule has 1 saturated heterocycles. The summed E-state index contributed by atoms with van der Waals surface area (Å²) in [6.07, 6.45) is 4.64. The average Bonchev–Trinajstić information content (AvgIpc) is 4.21. The lowest BCUT2D eigenvalue weighted by Crippen LogP contribution is -2.52. The Bertz CT molecular complexity index is 3080. The maximum absolute atomic E-state index is 13.9. The van der Waals surface area contributed by atoms with Crippen molar-refractivity contribution < 1.29 is 74.1 Å². The van der Waals surface area contributed by atoms with Gasteiger partial charge < -0.3 is 49.9 Å². The standard InChI is InChI=1S/C57H67F5N10O10/c1-35(2)52(68-45(74)17-23-78-26-28-80-29-27-79-24-18-46(75)82-54-50(61)48(59)47(58)49(60)51(54)62)44(73)32-39(9-7-19-64-57(63)77)56(76)67-40-14-11-36(12-15-40)33-72(20-4-3-5-21-72)22-25-81-41-10-6-8-37(30-41)53-42-31-38(55-65-34-66-71-55)13-16-43(42)69-70-53/h6,8,10-16,30-31,34-35,39,52H,3-5,7,9,17-29,32-33H2,1-2H3,(H6-,63,64,65,66,67,68,69,70,71,74,76,77)/p+1/t39-,52+/m1/s1. The lowest BCUT2D eigenvalue weighted by Gasteiger charge is -2.41. The van der Waals surface area contributed by atoms with Gasteiger partial charge >= 0.3 is 12.0 Å². The maximum atomic E-state index is 13.9. The van der Waals surface area contributed by atoms with Crippen LogP contribution in [0.3, 0.4) is 0 Å². The molecule has 25 heteroatoms. The zero-order valence-corrected chi connectivity index (χ0v) is 45.6. The molecule has 6 aromatic rings. The Morgan fingerprint density at radius 2 is 1.44 bits per heavy atom. The number of esters is 1. The quantitative estimate of drug-likeness (QED) is 0.00448. The minimum Gasteiger partial charge on any atom is -0.488 e. The number of Topliss-reactive ketones (excluding diaryl/α,β-unsaturated/α-hetero) is 1. The molecular formula is C57H68F5N10O10+. The smallest absolute Gasteiger partial charge is 0.313 e. The largest absolute Gasteiger partial charge is 0.488 e. The van der Waals surface area contributed by atoms with Gasteiger partial charge in [0, 0.05) is 53.1 Å². The molecule has 20 nitrogen and oxygen atoms in total. The van der Waals surface area contributed by atoms with E-state index in [-0.39, 0.29) is 83.1 Å². The Balaban J connectivity index is 0.836. The number of aromatic amines is 2. The number of urea groups is 1. The number of nitrogens with zero attached hydrogens (tertiary/aromatic N) is 4. The molecule has 7 N–H and O–H groups in total. The molecule has 0 aliphatic carbocycles. The molecule has 1 aliphatic heterocycles. The number of rotatable bonds is 32. The summed E-state index contributed by atoms with van der Waals surface area (Å²) in [5, 5.41) is 23.9. The highest BCUT2D eigenvalue weighted by Crippen LogP contribution is 2.33. The van der Waals surface area contributed by atoms with Crippen LogP contribution in [0.5, 0.6) is 11.5 Å².